The molecule has 2 aromatic rings. The summed E-state index contributed by atoms with van der Waals surface area (Å²) >= 11 is 10.8. The first kappa shape index (κ1) is 11.3. The molecule has 0 aliphatic heterocycles. The van der Waals surface area contributed by atoms with Crippen molar-refractivity contribution in [2.75, 3.05) is 0 Å². The number of aromatic amines is 1. The minimum Gasteiger partial charge on any atom is -0.303 e. The molecule has 2 rings (SSSR count). The van der Waals surface area contributed by atoms with Gasteiger partial charge in [0.2, 0.25) is 0 Å². The second-order valence-electron chi connectivity index (χ2n) is 3.04. The van der Waals surface area contributed by atoms with Gasteiger partial charge < -0.3 is 4.57 Å². The van der Waals surface area contributed by atoms with Gasteiger partial charge in [-0.1, -0.05) is 15.9 Å². The Hall–Kier alpha value is -0.210. The molecule has 0 aliphatic rings. The van der Waals surface area contributed by atoms with Crippen LogP contribution in [0.25, 0.3) is 11.4 Å². The highest BCUT2D eigenvalue weighted by Gasteiger charge is 2.09. The molecule has 6 heteroatoms. The SMILES string of the molecule is Cn1c(-c2cc(Br)ccc2I)n[nH]c1=S. The zero-order chi connectivity index (χ0) is 11.0. The molecule has 0 saturated heterocycles. The van der Waals surface area contributed by atoms with Crippen LogP contribution in [0.1, 0.15) is 0 Å². The Kier molecular flexibility index (Phi) is 3.27. The maximum atomic E-state index is 5.08. The van der Waals surface area contributed by atoms with Gasteiger partial charge in [0.15, 0.2) is 10.6 Å². The zero-order valence-corrected chi connectivity index (χ0v) is 12.4. The molecule has 1 N–H and O–H groups in total. The molecule has 0 bridgehead atoms. The van der Waals surface area contributed by atoms with Gasteiger partial charge in [0.05, 0.1) is 0 Å². The summed E-state index contributed by atoms with van der Waals surface area (Å²) in [6, 6.07) is 6.08. The molecule has 0 spiro atoms. The van der Waals surface area contributed by atoms with Crippen molar-refractivity contribution in [3.63, 3.8) is 0 Å². The van der Waals surface area contributed by atoms with Crippen LogP contribution in [0.5, 0.6) is 0 Å². The van der Waals surface area contributed by atoms with Gasteiger partial charge >= 0.3 is 0 Å². The predicted octanol–water partition coefficient (Wildman–Crippen LogP) is 3.51. The highest BCUT2D eigenvalue weighted by Crippen LogP contribution is 2.26. The second kappa shape index (κ2) is 4.34. The van der Waals surface area contributed by atoms with Gasteiger partial charge in [0.25, 0.3) is 0 Å². The number of nitrogens with zero attached hydrogens (tertiary/aromatic N) is 2. The van der Waals surface area contributed by atoms with E-state index in [4.69, 9.17) is 12.2 Å². The fraction of sp³-hybridized carbons (Fsp3) is 0.111. The number of aromatic nitrogens is 3. The second-order valence-corrected chi connectivity index (χ2v) is 5.50. The fourth-order valence-corrected chi connectivity index (χ4v) is 2.33. The lowest BCUT2D eigenvalue weighted by molar-refractivity contribution is 0.901. The molecule has 0 fully saturated rings. The highest BCUT2D eigenvalue weighted by atomic mass is 127. The standard InChI is InChI=1S/C9H7BrIN3S/c1-14-8(12-13-9(14)15)6-4-5(10)2-3-7(6)11/h2-4H,1H3,(H,13,15). The zero-order valence-electron chi connectivity index (χ0n) is 7.79. The Morgan fingerprint density at radius 3 is 2.87 bits per heavy atom. The number of H-pyrrole nitrogens is 1. The molecule has 15 heavy (non-hydrogen) atoms. The maximum Gasteiger partial charge on any atom is 0.195 e. The molecule has 0 radical (unpaired) electrons. The molecular formula is C9H7BrIN3S. The van der Waals surface area contributed by atoms with Gasteiger partial charge in [-0.15, -0.1) is 0 Å². The monoisotopic (exact) mass is 395 g/mol. The number of benzene rings is 1. The van der Waals surface area contributed by atoms with E-state index in [0.717, 1.165) is 19.4 Å². The average Bonchev–Trinajstić information content (AvgIpc) is 2.52. The smallest absolute Gasteiger partial charge is 0.195 e. The van der Waals surface area contributed by atoms with E-state index in [1.165, 1.54) is 0 Å². The topological polar surface area (TPSA) is 33.6 Å². The van der Waals surface area contributed by atoms with Gasteiger partial charge in [-0.3, -0.25) is 5.10 Å². The number of halogens is 2. The summed E-state index contributed by atoms with van der Waals surface area (Å²) in [6.45, 7) is 0. The summed E-state index contributed by atoms with van der Waals surface area (Å²) in [5.41, 5.74) is 1.07. The van der Waals surface area contributed by atoms with Crippen molar-refractivity contribution in [3.05, 3.63) is 31.0 Å². The van der Waals surface area contributed by atoms with Crippen LogP contribution in [0.15, 0.2) is 22.7 Å². The van der Waals surface area contributed by atoms with Gasteiger partial charge in [0.1, 0.15) is 0 Å². The van der Waals surface area contributed by atoms with Gasteiger partial charge in [-0.2, -0.15) is 5.10 Å². The van der Waals surface area contributed by atoms with E-state index in [2.05, 4.69) is 48.7 Å². The van der Waals surface area contributed by atoms with Crippen LogP contribution in [-0.2, 0) is 7.05 Å². The summed E-state index contributed by atoms with van der Waals surface area (Å²) in [6.07, 6.45) is 0. The first-order chi connectivity index (χ1) is 7.09. The van der Waals surface area contributed by atoms with Crippen LogP contribution in [-0.4, -0.2) is 14.8 Å². The van der Waals surface area contributed by atoms with E-state index in [1.807, 2.05) is 29.8 Å². The largest absolute Gasteiger partial charge is 0.303 e. The molecule has 1 aromatic carbocycles. The Labute approximate surface area is 114 Å². The molecule has 0 amide bonds. The third-order valence-corrected chi connectivity index (χ3v) is 3.85. The first-order valence-electron chi connectivity index (χ1n) is 4.16. The van der Waals surface area contributed by atoms with Crippen molar-refractivity contribution in [3.8, 4) is 11.4 Å². The molecular weight excluding hydrogens is 389 g/mol. The van der Waals surface area contributed by atoms with E-state index < -0.39 is 0 Å². The van der Waals surface area contributed by atoms with E-state index in [0.29, 0.717) is 4.77 Å². The van der Waals surface area contributed by atoms with Gasteiger partial charge in [-0.05, 0) is 53.0 Å². The lowest BCUT2D eigenvalue weighted by atomic mass is 10.2. The quantitative estimate of drug-likeness (QED) is 0.592. The fourth-order valence-electron chi connectivity index (χ4n) is 1.26. The highest BCUT2D eigenvalue weighted by molar-refractivity contribution is 14.1. The molecule has 3 nitrogen and oxygen atoms in total. The van der Waals surface area contributed by atoms with Crippen molar-refractivity contribution in [2.24, 2.45) is 7.05 Å². The molecule has 0 atom stereocenters. The minimum atomic E-state index is 0.626. The van der Waals surface area contributed by atoms with Gasteiger partial charge in [0, 0.05) is 20.7 Å². The van der Waals surface area contributed by atoms with Crippen molar-refractivity contribution in [2.45, 2.75) is 0 Å². The predicted molar refractivity (Wildman–Crippen MR) is 74.2 cm³/mol. The van der Waals surface area contributed by atoms with Crippen molar-refractivity contribution in [1.29, 1.82) is 0 Å². The minimum absolute atomic E-state index is 0.626. The van der Waals surface area contributed by atoms with Crippen molar-refractivity contribution in [1.82, 2.24) is 14.8 Å². The Balaban J connectivity index is 2.68. The average molecular weight is 396 g/mol. The summed E-state index contributed by atoms with van der Waals surface area (Å²) < 4.78 is 4.67. The van der Waals surface area contributed by atoms with Crippen LogP contribution in [0.2, 0.25) is 0 Å². The van der Waals surface area contributed by atoms with E-state index in [-0.39, 0.29) is 0 Å². The van der Waals surface area contributed by atoms with Crippen LogP contribution < -0.4 is 0 Å². The molecule has 0 aliphatic carbocycles. The Morgan fingerprint density at radius 1 is 1.53 bits per heavy atom. The van der Waals surface area contributed by atoms with E-state index in [1.54, 1.807) is 0 Å². The number of hydrogen-bond acceptors (Lipinski definition) is 2. The van der Waals surface area contributed by atoms with Crippen LogP contribution in [0, 0.1) is 8.34 Å². The van der Waals surface area contributed by atoms with Gasteiger partial charge in [-0.25, -0.2) is 0 Å². The third kappa shape index (κ3) is 2.16. The van der Waals surface area contributed by atoms with E-state index >= 15 is 0 Å². The van der Waals surface area contributed by atoms with Crippen LogP contribution in [0.3, 0.4) is 0 Å². The summed E-state index contributed by atoms with van der Waals surface area (Å²) in [7, 11) is 1.90. The Bertz CT molecular complexity index is 561. The van der Waals surface area contributed by atoms with Crippen LogP contribution in [0.4, 0.5) is 0 Å². The Morgan fingerprint density at radius 2 is 2.27 bits per heavy atom. The molecule has 0 unspecified atom stereocenters. The summed E-state index contributed by atoms with van der Waals surface area (Å²) in [5, 5.41) is 6.99. The normalized spacial score (nSPS) is 10.6. The van der Waals surface area contributed by atoms with Crippen LogP contribution >= 0.6 is 50.7 Å². The molecule has 78 valence electrons. The molecule has 1 heterocycles. The summed E-state index contributed by atoms with van der Waals surface area (Å²) in [4.78, 5) is 0. The van der Waals surface area contributed by atoms with Crippen molar-refractivity contribution >= 4 is 50.7 Å². The summed E-state index contributed by atoms with van der Waals surface area (Å²) in [5.74, 6) is 0.853. The lowest BCUT2D eigenvalue weighted by Gasteiger charge is -2.03. The molecule has 1 aromatic heterocycles. The number of nitrogens with one attached hydrogen (secondary N) is 1. The number of hydrogen-bond donors (Lipinski definition) is 1. The lowest BCUT2D eigenvalue weighted by Crippen LogP contribution is -1.94. The van der Waals surface area contributed by atoms with E-state index in [9.17, 15) is 0 Å². The maximum absolute atomic E-state index is 5.08. The van der Waals surface area contributed by atoms with Crippen molar-refractivity contribution < 1.29 is 0 Å². The first-order valence-corrected chi connectivity index (χ1v) is 6.44. The number of rotatable bonds is 1. The molecule has 0 saturated carbocycles. The third-order valence-electron chi connectivity index (χ3n) is 2.05.